The zero-order valence-electron chi connectivity index (χ0n) is 8.78. The topological polar surface area (TPSA) is 51.2 Å². The second kappa shape index (κ2) is 5.27. The normalized spacial score (nSPS) is 19.7. The number of hydrogen-bond donors (Lipinski definition) is 1. The lowest BCUT2D eigenvalue weighted by Gasteiger charge is -2.10. The summed E-state index contributed by atoms with van der Waals surface area (Å²) in [5.74, 6) is 1.13. The molecule has 0 unspecified atom stereocenters. The lowest BCUT2D eigenvalue weighted by molar-refractivity contribution is 0.112. The van der Waals surface area contributed by atoms with E-state index in [4.69, 9.17) is 16.3 Å². The van der Waals surface area contributed by atoms with Gasteiger partial charge in [-0.2, -0.15) is 0 Å². The molecule has 5 heteroatoms. The number of rotatable bonds is 4. The second-order valence-electron chi connectivity index (χ2n) is 3.84. The summed E-state index contributed by atoms with van der Waals surface area (Å²) in [6, 6.07) is 1.62. The minimum atomic E-state index is 0.213. The molecule has 0 aliphatic carbocycles. The van der Waals surface area contributed by atoms with E-state index in [9.17, 15) is 4.79 Å². The first-order chi connectivity index (χ1) is 7.79. The third kappa shape index (κ3) is 2.71. The highest BCUT2D eigenvalue weighted by molar-refractivity contribution is 6.31. The summed E-state index contributed by atoms with van der Waals surface area (Å²) in [5.41, 5.74) is 0.365. The van der Waals surface area contributed by atoms with Crippen molar-refractivity contribution in [2.24, 2.45) is 5.92 Å². The maximum atomic E-state index is 10.7. The van der Waals surface area contributed by atoms with Crippen LogP contribution < -0.4 is 10.1 Å². The van der Waals surface area contributed by atoms with Crippen LogP contribution in [0, 0.1) is 5.92 Å². The third-order valence-corrected chi connectivity index (χ3v) is 2.93. The van der Waals surface area contributed by atoms with Crippen molar-refractivity contribution in [1.82, 2.24) is 10.3 Å². The molecule has 86 valence electrons. The Bertz CT molecular complexity index is 378. The van der Waals surface area contributed by atoms with Gasteiger partial charge in [0.15, 0.2) is 6.29 Å². The van der Waals surface area contributed by atoms with Crippen molar-refractivity contribution >= 4 is 17.9 Å². The van der Waals surface area contributed by atoms with Crippen LogP contribution in [0.3, 0.4) is 0 Å². The fraction of sp³-hybridized carbons (Fsp3) is 0.455. The van der Waals surface area contributed by atoms with Crippen molar-refractivity contribution in [2.45, 2.75) is 6.42 Å². The smallest absolute Gasteiger partial charge is 0.153 e. The van der Waals surface area contributed by atoms with Crippen LogP contribution in [0.5, 0.6) is 5.75 Å². The van der Waals surface area contributed by atoms with Crippen molar-refractivity contribution < 1.29 is 9.53 Å². The number of carbonyl (C=O) groups is 1. The lowest BCUT2D eigenvalue weighted by Crippen LogP contribution is -2.15. The molecule has 1 aromatic heterocycles. The van der Waals surface area contributed by atoms with Crippen molar-refractivity contribution in [2.75, 3.05) is 19.7 Å². The SMILES string of the molecule is O=Cc1cc(OC[C@@H]2CCNC2)cnc1Cl. The number of ether oxygens (including phenoxy) is 1. The molecule has 2 heterocycles. The number of nitrogens with one attached hydrogen (secondary N) is 1. The van der Waals surface area contributed by atoms with Gasteiger partial charge in [0.1, 0.15) is 10.9 Å². The molecule has 0 amide bonds. The predicted molar refractivity (Wildman–Crippen MR) is 61.1 cm³/mol. The summed E-state index contributed by atoms with van der Waals surface area (Å²) in [4.78, 5) is 14.5. The van der Waals surface area contributed by atoms with Gasteiger partial charge in [-0.05, 0) is 19.0 Å². The van der Waals surface area contributed by atoms with Gasteiger partial charge in [-0.15, -0.1) is 0 Å². The Morgan fingerprint density at radius 3 is 3.25 bits per heavy atom. The molecule has 0 bridgehead atoms. The molecule has 2 rings (SSSR count). The summed E-state index contributed by atoms with van der Waals surface area (Å²) >= 11 is 5.72. The van der Waals surface area contributed by atoms with Gasteiger partial charge in [0, 0.05) is 12.5 Å². The Morgan fingerprint density at radius 1 is 1.69 bits per heavy atom. The van der Waals surface area contributed by atoms with Gasteiger partial charge in [-0.3, -0.25) is 4.79 Å². The molecule has 0 radical (unpaired) electrons. The standard InChI is InChI=1S/C11H13ClN2O2/c12-11-9(6-15)3-10(5-14-11)16-7-8-1-2-13-4-8/h3,5-6,8,13H,1-2,4,7H2/t8-/m1/s1. The fourth-order valence-corrected chi connectivity index (χ4v) is 1.83. The molecular formula is C11H13ClN2O2. The zero-order valence-corrected chi connectivity index (χ0v) is 9.54. The molecule has 0 saturated carbocycles. The van der Waals surface area contributed by atoms with Crippen molar-refractivity contribution in [3.63, 3.8) is 0 Å². The molecule has 4 nitrogen and oxygen atoms in total. The van der Waals surface area contributed by atoms with E-state index in [1.54, 1.807) is 6.07 Å². The van der Waals surface area contributed by atoms with Crippen molar-refractivity contribution in [3.05, 3.63) is 23.0 Å². The maximum absolute atomic E-state index is 10.7. The Labute approximate surface area is 99.0 Å². The van der Waals surface area contributed by atoms with Gasteiger partial charge in [-0.1, -0.05) is 11.6 Å². The highest BCUT2D eigenvalue weighted by Crippen LogP contribution is 2.18. The minimum Gasteiger partial charge on any atom is -0.492 e. The van der Waals surface area contributed by atoms with Crippen LogP contribution in [0.1, 0.15) is 16.8 Å². The number of halogens is 1. The van der Waals surface area contributed by atoms with Gasteiger partial charge in [0.25, 0.3) is 0 Å². The van der Waals surface area contributed by atoms with Gasteiger partial charge in [-0.25, -0.2) is 4.98 Å². The highest BCUT2D eigenvalue weighted by atomic mass is 35.5. The first-order valence-electron chi connectivity index (χ1n) is 5.24. The summed E-state index contributed by atoms with van der Waals surface area (Å²) in [6.07, 6.45) is 3.35. The molecule has 1 N–H and O–H groups in total. The van der Waals surface area contributed by atoms with E-state index in [2.05, 4.69) is 10.3 Å². The molecule has 1 aromatic rings. The van der Waals surface area contributed by atoms with Gasteiger partial charge < -0.3 is 10.1 Å². The molecular weight excluding hydrogens is 228 g/mol. The molecule has 1 fully saturated rings. The molecule has 0 spiro atoms. The quantitative estimate of drug-likeness (QED) is 0.641. The lowest BCUT2D eigenvalue weighted by atomic mass is 10.1. The molecule has 1 atom stereocenters. The number of hydrogen-bond acceptors (Lipinski definition) is 4. The fourth-order valence-electron chi connectivity index (χ4n) is 1.68. The van der Waals surface area contributed by atoms with Crippen LogP contribution in [0.4, 0.5) is 0 Å². The van der Waals surface area contributed by atoms with Crippen LogP contribution in [0.2, 0.25) is 5.15 Å². The highest BCUT2D eigenvalue weighted by Gasteiger charge is 2.15. The molecule has 0 aromatic carbocycles. The largest absolute Gasteiger partial charge is 0.492 e. The van der Waals surface area contributed by atoms with E-state index in [0.29, 0.717) is 30.1 Å². The zero-order chi connectivity index (χ0) is 11.4. The number of aldehydes is 1. The Morgan fingerprint density at radius 2 is 2.56 bits per heavy atom. The molecule has 1 aliphatic rings. The van der Waals surface area contributed by atoms with Crippen LogP contribution in [0.15, 0.2) is 12.3 Å². The number of aromatic nitrogens is 1. The first kappa shape index (κ1) is 11.4. The van der Waals surface area contributed by atoms with E-state index in [1.165, 1.54) is 6.20 Å². The Balaban J connectivity index is 1.95. The van der Waals surface area contributed by atoms with Crippen molar-refractivity contribution in [1.29, 1.82) is 0 Å². The van der Waals surface area contributed by atoms with Crippen molar-refractivity contribution in [3.8, 4) is 5.75 Å². The van der Waals surface area contributed by atoms with E-state index in [-0.39, 0.29) is 5.15 Å². The Hall–Kier alpha value is -1.13. The summed E-state index contributed by atoms with van der Waals surface area (Å²) < 4.78 is 5.57. The van der Waals surface area contributed by atoms with E-state index in [0.717, 1.165) is 19.5 Å². The van der Waals surface area contributed by atoms with Gasteiger partial charge in [0.2, 0.25) is 0 Å². The average molecular weight is 241 g/mol. The van der Waals surface area contributed by atoms with E-state index in [1.807, 2.05) is 0 Å². The number of nitrogens with zero attached hydrogens (tertiary/aromatic N) is 1. The molecule has 1 aliphatic heterocycles. The monoisotopic (exact) mass is 240 g/mol. The third-order valence-electron chi connectivity index (χ3n) is 2.62. The maximum Gasteiger partial charge on any atom is 0.153 e. The van der Waals surface area contributed by atoms with Crippen LogP contribution >= 0.6 is 11.6 Å². The minimum absolute atomic E-state index is 0.213. The number of carbonyl (C=O) groups excluding carboxylic acids is 1. The second-order valence-corrected chi connectivity index (χ2v) is 4.20. The predicted octanol–water partition coefficient (Wildman–Crippen LogP) is 1.54. The van der Waals surface area contributed by atoms with Crippen LogP contribution in [-0.4, -0.2) is 31.0 Å². The molecule has 1 saturated heterocycles. The van der Waals surface area contributed by atoms with Gasteiger partial charge >= 0.3 is 0 Å². The van der Waals surface area contributed by atoms with E-state index < -0.39 is 0 Å². The summed E-state index contributed by atoms with van der Waals surface area (Å²) in [5, 5.41) is 3.48. The van der Waals surface area contributed by atoms with E-state index >= 15 is 0 Å². The number of pyridine rings is 1. The Kier molecular flexibility index (Phi) is 3.74. The van der Waals surface area contributed by atoms with Gasteiger partial charge in [0.05, 0.1) is 18.4 Å². The average Bonchev–Trinajstić information content (AvgIpc) is 2.81. The molecule has 16 heavy (non-hydrogen) atoms. The van der Waals surface area contributed by atoms with Crippen LogP contribution in [0.25, 0.3) is 0 Å². The van der Waals surface area contributed by atoms with Crippen LogP contribution in [-0.2, 0) is 0 Å². The summed E-state index contributed by atoms with van der Waals surface area (Å²) in [7, 11) is 0. The first-order valence-corrected chi connectivity index (χ1v) is 5.61. The summed E-state index contributed by atoms with van der Waals surface area (Å²) in [6.45, 7) is 2.68.